The number of nitrogens with zero attached hydrogens (tertiary/aromatic N) is 2. The van der Waals surface area contributed by atoms with Gasteiger partial charge in [0.15, 0.2) is 0 Å². The van der Waals surface area contributed by atoms with Crippen molar-refractivity contribution in [2.24, 2.45) is 0 Å². The molecule has 1 amide bonds. The molecule has 3 rings (SSSR count). The van der Waals surface area contributed by atoms with Crippen LogP contribution in [0.15, 0.2) is 42.5 Å². The largest absolute Gasteiger partial charge is 0.475 e. The molecule has 1 aliphatic rings. The Labute approximate surface area is 173 Å². The highest BCUT2D eigenvalue weighted by Crippen LogP contribution is 2.35. The Bertz CT molecular complexity index is 1070. The number of carbonyl (C=O) groups is 2. The molecule has 0 spiro atoms. The van der Waals surface area contributed by atoms with Gasteiger partial charge < -0.3 is 14.4 Å². The first-order chi connectivity index (χ1) is 13.6. The number of amides is 1. The molecule has 0 saturated carbocycles. The lowest BCUT2D eigenvalue weighted by Crippen LogP contribution is -2.47. The number of esters is 1. The number of carbonyl (C=O) groups excluding carboxylic acids is 2. The molecule has 2 aromatic rings. The van der Waals surface area contributed by atoms with E-state index in [0.717, 1.165) is 10.6 Å². The van der Waals surface area contributed by atoms with Gasteiger partial charge in [-0.25, -0.2) is 13.2 Å². The van der Waals surface area contributed by atoms with Gasteiger partial charge in [-0.2, -0.15) is 0 Å². The van der Waals surface area contributed by atoms with E-state index in [1.165, 1.54) is 37.3 Å². The number of hydrogen-bond acceptors (Lipinski definition) is 6. The van der Waals surface area contributed by atoms with E-state index in [2.05, 4.69) is 0 Å². The van der Waals surface area contributed by atoms with Crippen LogP contribution in [-0.4, -0.2) is 53.4 Å². The van der Waals surface area contributed by atoms with E-state index in [4.69, 9.17) is 21.1 Å². The molecule has 0 N–H and O–H groups in total. The van der Waals surface area contributed by atoms with E-state index in [9.17, 15) is 18.0 Å². The zero-order valence-electron chi connectivity index (χ0n) is 16.0. The lowest BCUT2D eigenvalue weighted by Gasteiger charge is -2.33. The van der Waals surface area contributed by atoms with Gasteiger partial charge in [-0.05, 0) is 30.3 Å². The lowest BCUT2D eigenvalue weighted by molar-refractivity contribution is -0.148. The first-order valence-electron chi connectivity index (χ1n) is 8.52. The maximum Gasteiger partial charge on any atom is 0.348 e. The van der Waals surface area contributed by atoms with E-state index >= 15 is 0 Å². The molecule has 1 atom stereocenters. The van der Waals surface area contributed by atoms with Gasteiger partial charge in [0.1, 0.15) is 5.75 Å². The highest BCUT2D eigenvalue weighted by Gasteiger charge is 2.35. The SMILES string of the molecule is COC(=O)[C@@H]1CN(C(=O)c2ccc(Cl)c(N(C)S(C)(=O)=O)c2)c2ccccc2O1. The highest BCUT2D eigenvalue weighted by molar-refractivity contribution is 7.92. The van der Waals surface area contributed by atoms with Crippen LogP contribution < -0.4 is 13.9 Å². The summed E-state index contributed by atoms with van der Waals surface area (Å²) in [7, 11) is -0.985. The van der Waals surface area contributed by atoms with Crippen molar-refractivity contribution in [3.8, 4) is 5.75 Å². The maximum atomic E-state index is 13.3. The molecule has 29 heavy (non-hydrogen) atoms. The van der Waals surface area contributed by atoms with Crippen LogP contribution in [0.2, 0.25) is 5.02 Å². The number of rotatable bonds is 4. The number of methoxy groups -OCH3 is 1. The Balaban J connectivity index is 2.02. The molecule has 0 bridgehead atoms. The standard InChI is InChI=1S/C19H19ClN2O6S/c1-21(29(3,25)26)15-10-12(8-9-13(15)20)18(23)22-11-17(19(24)27-2)28-16-7-5-4-6-14(16)22/h4-10,17H,11H2,1-3H3/t17-/m0/s1. The van der Waals surface area contributed by atoms with Crippen LogP contribution in [0.25, 0.3) is 0 Å². The second-order valence-electron chi connectivity index (χ2n) is 6.41. The Kier molecular flexibility index (Phi) is 5.72. The second-order valence-corrected chi connectivity index (χ2v) is 8.83. The van der Waals surface area contributed by atoms with Crippen molar-refractivity contribution in [3.05, 3.63) is 53.1 Å². The van der Waals surface area contributed by atoms with E-state index in [-0.39, 0.29) is 22.8 Å². The number of halogens is 1. The Hall–Kier alpha value is -2.78. The van der Waals surface area contributed by atoms with Gasteiger partial charge in [-0.1, -0.05) is 23.7 Å². The predicted octanol–water partition coefficient (Wildman–Crippen LogP) is 2.32. The van der Waals surface area contributed by atoms with Crippen molar-refractivity contribution in [1.82, 2.24) is 0 Å². The fraction of sp³-hybridized carbons (Fsp3) is 0.263. The third-order valence-corrected chi connectivity index (χ3v) is 6.02. The average molecular weight is 439 g/mol. The third kappa shape index (κ3) is 4.15. The first-order valence-corrected chi connectivity index (χ1v) is 10.7. The van der Waals surface area contributed by atoms with E-state index in [1.54, 1.807) is 24.3 Å². The number of sulfonamides is 1. The molecule has 0 aromatic heterocycles. The van der Waals surface area contributed by atoms with Crippen LogP contribution in [0, 0.1) is 0 Å². The molecule has 1 heterocycles. The molecule has 1 aliphatic heterocycles. The fourth-order valence-corrected chi connectivity index (χ4v) is 3.71. The summed E-state index contributed by atoms with van der Waals surface area (Å²) in [5.41, 5.74) is 0.872. The van der Waals surface area contributed by atoms with Gasteiger partial charge in [0, 0.05) is 12.6 Å². The molecular weight excluding hydrogens is 420 g/mol. The summed E-state index contributed by atoms with van der Waals surface area (Å²) in [6.45, 7) is -0.0532. The summed E-state index contributed by atoms with van der Waals surface area (Å²) < 4.78 is 35.2. The monoisotopic (exact) mass is 438 g/mol. The summed E-state index contributed by atoms with van der Waals surface area (Å²) in [6.07, 6.45) is 0.0566. The van der Waals surface area contributed by atoms with Crippen LogP contribution in [0.4, 0.5) is 11.4 Å². The van der Waals surface area contributed by atoms with Gasteiger partial charge in [0.2, 0.25) is 16.1 Å². The minimum atomic E-state index is -3.57. The normalized spacial score (nSPS) is 15.9. The molecule has 0 saturated heterocycles. The average Bonchev–Trinajstić information content (AvgIpc) is 2.71. The van der Waals surface area contributed by atoms with Crippen LogP contribution in [0.1, 0.15) is 10.4 Å². The minimum Gasteiger partial charge on any atom is -0.475 e. The quantitative estimate of drug-likeness (QED) is 0.680. The second kappa shape index (κ2) is 7.92. The molecule has 154 valence electrons. The van der Waals surface area contributed by atoms with Crippen molar-refractivity contribution < 1.29 is 27.5 Å². The summed E-state index contributed by atoms with van der Waals surface area (Å²) >= 11 is 6.14. The molecule has 8 nitrogen and oxygen atoms in total. The van der Waals surface area contributed by atoms with Gasteiger partial charge in [0.25, 0.3) is 5.91 Å². The number of fused-ring (bicyclic) bond motifs is 1. The summed E-state index contributed by atoms with van der Waals surface area (Å²) in [5, 5.41) is 0.185. The van der Waals surface area contributed by atoms with Crippen molar-refractivity contribution in [2.45, 2.75) is 6.10 Å². The molecule has 0 unspecified atom stereocenters. The summed E-state index contributed by atoms with van der Waals surface area (Å²) in [4.78, 5) is 26.7. The first kappa shape index (κ1) is 20.9. The molecule has 2 aromatic carbocycles. The molecule has 0 fully saturated rings. The lowest BCUT2D eigenvalue weighted by atomic mass is 10.1. The van der Waals surface area contributed by atoms with Gasteiger partial charge in [-0.15, -0.1) is 0 Å². The maximum absolute atomic E-state index is 13.3. The van der Waals surface area contributed by atoms with Crippen LogP contribution >= 0.6 is 11.6 Å². The third-order valence-electron chi connectivity index (χ3n) is 4.51. The van der Waals surface area contributed by atoms with Gasteiger partial charge >= 0.3 is 5.97 Å². The van der Waals surface area contributed by atoms with E-state index in [1.807, 2.05) is 0 Å². The van der Waals surface area contributed by atoms with Crippen molar-refractivity contribution >= 4 is 44.9 Å². The van der Waals surface area contributed by atoms with Crippen LogP contribution in [-0.2, 0) is 19.6 Å². The molecule has 10 heteroatoms. The summed E-state index contributed by atoms with van der Waals surface area (Å²) in [5.74, 6) is -0.676. The number of hydrogen-bond donors (Lipinski definition) is 0. The van der Waals surface area contributed by atoms with E-state index < -0.39 is 28.0 Å². The number of anilines is 2. The van der Waals surface area contributed by atoms with Crippen LogP contribution in [0.3, 0.4) is 0 Å². The summed E-state index contributed by atoms with van der Waals surface area (Å²) in [6, 6.07) is 11.2. The predicted molar refractivity (Wildman–Crippen MR) is 109 cm³/mol. The topological polar surface area (TPSA) is 93.2 Å². The van der Waals surface area contributed by atoms with Gasteiger partial charge in [0.05, 0.1) is 36.3 Å². The zero-order valence-corrected chi connectivity index (χ0v) is 17.5. The molecule has 0 radical (unpaired) electrons. The fourth-order valence-electron chi connectivity index (χ4n) is 2.90. The van der Waals surface area contributed by atoms with Crippen LogP contribution in [0.5, 0.6) is 5.75 Å². The van der Waals surface area contributed by atoms with E-state index in [0.29, 0.717) is 11.4 Å². The zero-order chi connectivity index (χ0) is 21.3. The van der Waals surface area contributed by atoms with Crippen molar-refractivity contribution in [1.29, 1.82) is 0 Å². The number of ether oxygens (including phenoxy) is 2. The Morgan fingerprint density at radius 3 is 2.59 bits per heavy atom. The number of para-hydroxylation sites is 2. The van der Waals surface area contributed by atoms with Crippen molar-refractivity contribution in [2.75, 3.05) is 36.2 Å². The Morgan fingerprint density at radius 1 is 1.24 bits per heavy atom. The Morgan fingerprint density at radius 2 is 1.93 bits per heavy atom. The minimum absolute atomic E-state index is 0.0532. The smallest absolute Gasteiger partial charge is 0.348 e. The van der Waals surface area contributed by atoms with Gasteiger partial charge in [-0.3, -0.25) is 9.10 Å². The molecular formula is C19H19ClN2O6S. The van der Waals surface area contributed by atoms with Crippen molar-refractivity contribution in [3.63, 3.8) is 0 Å². The number of benzene rings is 2. The highest BCUT2D eigenvalue weighted by atomic mass is 35.5. The molecule has 0 aliphatic carbocycles.